The minimum atomic E-state index is -0.240. The van der Waals surface area contributed by atoms with E-state index in [1.165, 1.54) is 12.8 Å². The number of hydrogen-bond donors (Lipinski definition) is 1. The van der Waals surface area contributed by atoms with Gasteiger partial charge in [0.15, 0.2) is 0 Å². The van der Waals surface area contributed by atoms with E-state index in [1.807, 2.05) is 18.2 Å². The number of benzene rings is 1. The normalized spacial score (nSPS) is 28.1. The molecule has 1 aliphatic carbocycles. The van der Waals surface area contributed by atoms with Crippen molar-refractivity contribution in [1.29, 1.82) is 0 Å². The molecule has 0 amide bonds. The van der Waals surface area contributed by atoms with Crippen LogP contribution in [0.2, 0.25) is 0 Å². The lowest BCUT2D eigenvalue weighted by Crippen LogP contribution is -2.46. The van der Waals surface area contributed by atoms with Gasteiger partial charge in [-0.1, -0.05) is 25.1 Å². The van der Waals surface area contributed by atoms with E-state index >= 15 is 0 Å². The first-order chi connectivity index (χ1) is 9.63. The van der Waals surface area contributed by atoms with E-state index < -0.39 is 0 Å². The Bertz CT molecular complexity index is 425. The lowest BCUT2D eigenvalue weighted by Gasteiger charge is -2.43. The van der Waals surface area contributed by atoms with Crippen LogP contribution in [0.15, 0.2) is 24.3 Å². The zero-order chi connectivity index (χ0) is 14.6. The van der Waals surface area contributed by atoms with Crippen LogP contribution in [0, 0.1) is 5.92 Å². The molecule has 0 spiro atoms. The maximum Gasteiger partial charge on any atom is 0.123 e. The van der Waals surface area contributed by atoms with Gasteiger partial charge in [0, 0.05) is 12.2 Å². The van der Waals surface area contributed by atoms with Gasteiger partial charge in [0.1, 0.15) is 5.75 Å². The molecule has 1 saturated carbocycles. The number of hydrogen-bond acceptors (Lipinski definition) is 3. The Morgan fingerprint density at radius 3 is 2.55 bits per heavy atom. The Labute approximate surface area is 122 Å². The van der Waals surface area contributed by atoms with Gasteiger partial charge in [0.2, 0.25) is 0 Å². The van der Waals surface area contributed by atoms with Gasteiger partial charge in [0.05, 0.1) is 18.8 Å². The summed E-state index contributed by atoms with van der Waals surface area (Å²) in [5.41, 5.74) is 7.42. The second kappa shape index (κ2) is 6.59. The van der Waals surface area contributed by atoms with Gasteiger partial charge in [-0.25, -0.2) is 0 Å². The van der Waals surface area contributed by atoms with Crippen LogP contribution in [0.3, 0.4) is 0 Å². The molecule has 1 fully saturated rings. The van der Waals surface area contributed by atoms with Gasteiger partial charge in [-0.05, 0) is 44.6 Å². The summed E-state index contributed by atoms with van der Waals surface area (Å²) >= 11 is 0. The van der Waals surface area contributed by atoms with Crippen LogP contribution < -0.4 is 10.5 Å². The smallest absolute Gasteiger partial charge is 0.123 e. The fraction of sp³-hybridized carbons (Fsp3) is 0.647. The lowest BCUT2D eigenvalue weighted by molar-refractivity contribution is -0.0899. The summed E-state index contributed by atoms with van der Waals surface area (Å²) in [7, 11) is 1.70. The molecule has 0 aromatic heterocycles. The molecule has 0 bridgehead atoms. The van der Waals surface area contributed by atoms with Crippen molar-refractivity contribution >= 4 is 0 Å². The maximum absolute atomic E-state index is 6.61. The van der Waals surface area contributed by atoms with Crippen LogP contribution in [0.5, 0.6) is 5.75 Å². The monoisotopic (exact) mass is 277 g/mol. The predicted octanol–water partition coefficient (Wildman–Crippen LogP) is 3.68. The van der Waals surface area contributed by atoms with Gasteiger partial charge in [0.25, 0.3) is 0 Å². The van der Waals surface area contributed by atoms with E-state index in [0.717, 1.165) is 30.1 Å². The highest BCUT2D eigenvalue weighted by molar-refractivity contribution is 5.37. The molecular weight excluding hydrogens is 250 g/mol. The third-order valence-corrected chi connectivity index (χ3v) is 4.59. The van der Waals surface area contributed by atoms with Crippen LogP contribution in [-0.4, -0.2) is 19.3 Å². The summed E-state index contributed by atoms with van der Waals surface area (Å²) < 4.78 is 11.6. The van der Waals surface area contributed by atoms with Crippen molar-refractivity contribution in [2.24, 2.45) is 11.7 Å². The van der Waals surface area contributed by atoms with E-state index in [-0.39, 0.29) is 11.6 Å². The van der Waals surface area contributed by atoms with Crippen LogP contribution in [0.25, 0.3) is 0 Å². The molecule has 0 saturated heterocycles. The molecule has 0 heterocycles. The van der Waals surface area contributed by atoms with Crippen LogP contribution in [0.4, 0.5) is 0 Å². The Morgan fingerprint density at radius 2 is 1.95 bits per heavy atom. The van der Waals surface area contributed by atoms with Gasteiger partial charge in [-0.15, -0.1) is 0 Å². The summed E-state index contributed by atoms with van der Waals surface area (Å²) in [6.45, 7) is 5.07. The summed E-state index contributed by atoms with van der Waals surface area (Å²) in [5.74, 6) is 1.63. The van der Waals surface area contributed by atoms with E-state index in [2.05, 4.69) is 19.9 Å². The van der Waals surface area contributed by atoms with Crippen LogP contribution in [-0.2, 0) is 4.74 Å². The lowest BCUT2D eigenvalue weighted by atomic mass is 9.73. The van der Waals surface area contributed by atoms with E-state index in [1.54, 1.807) is 7.11 Å². The molecule has 3 heteroatoms. The first-order valence-electron chi connectivity index (χ1n) is 7.65. The second-order valence-corrected chi connectivity index (χ2v) is 5.90. The van der Waals surface area contributed by atoms with Gasteiger partial charge in [-0.2, -0.15) is 0 Å². The zero-order valence-electron chi connectivity index (χ0n) is 12.9. The summed E-state index contributed by atoms with van der Waals surface area (Å²) in [6.07, 6.45) is 4.42. The Kier molecular flexibility index (Phi) is 5.06. The predicted molar refractivity (Wildman–Crippen MR) is 81.9 cm³/mol. The van der Waals surface area contributed by atoms with Gasteiger partial charge < -0.3 is 15.2 Å². The third-order valence-electron chi connectivity index (χ3n) is 4.59. The molecule has 1 aromatic carbocycles. The molecule has 2 N–H and O–H groups in total. The number of methoxy groups -OCH3 is 1. The van der Waals surface area contributed by atoms with Crippen molar-refractivity contribution in [3.63, 3.8) is 0 Å². The summed E-state index contributed by atoms with van der Waals surface area (Å²) in [4.78, 5) is 0. The molecule has 1 atom stereocenters. The minimum absolute atomic E-state index is 0.133. The van der Waals surface area contributed by atoms with Crippen molar-refractivity contribution in [1.82, 2.24) is 0 Å². The van der Waals surface area contributed by atoms with Gasteiger partial charge >= 0.3 is 0 Å². The van der Waals surface area contributed by atoms with Crippen molar-refractivity contribution in [3.05, 3.63) is 29.8 Å². The fourth-order valence-corrected chi connectivity index (χ4v) is 3.29. The highest BCUT2D eigenvalue weighted by Crippen LogP contribution is 2.43. The molecule has 0 radical (unpaired) electrons. The van der Waals surface area contributed by atoms with Crippen molar-refractivity contribution in [2.75, 3.05) is 13.7 Å². The maximum atomic E-state index is 6.61. The molecular formula is C17H27NO2. The van der Waals surface area contributed by atoms with Gasteiger partial charge in [-0.3, -0.25) is 0 Å². The number of ether oxygens (including phenoxy) is 2. The average molecular weight is 277 g/mol. The molecule has 2 rings (SSSR count). The van der Waals surface area contributed by atoms with Crippen molar-refractivity contribution in [3.8, 4) is 5.75 Å². The summed E-state index contributed by atoms with van der Waals surface area (Å²) in [6, 6.07) is 7.89. The van der Waals surface area contributed by atoms with E-state index in [9.17, 15) is 0 Å². The average Bonchev–Trinajstić information content (AvgIpc) is 2.49. The SMILES string of the molecule is CCOC1(C(N)c2ccccc2OC)CCC(C)CC1. The van der Waals surface area contributed by atoms with Crippen LogP contribution in [0.1, 0.15) is 51.1 Å². The standard InChI is InChI=1S/C17H27NO2/c1-4-20-17(11-9-13(2)10-12-17)16(18)14-7-5-6-8-15(14)19-3/h5-8,13,16H,4,9-12,18H2,1-3H3. The van der Waals surface area contributed by atoms with Crippen molar-refractivity contribution in [2.45, 2.75) is 51.2 Å². The molecule has 1 aliphatic rings. The largest absolute Gasteiger partial charge is 0.496 e. The van der Waals surface area contributed by atoms with Crippen molar-refractivity contribution < 1.29 is 9.47 Å². The fourth-order valence-electron chi connectivity index (χ4n) is 3.29. The van der Waals surface area contributed by atoms with E-state index in [0.29, 0.717) is 6.61 Å². The Hall–Kier alpha value is -1.06. The molecule has 1 aromatic rings. The Balaban J connectivity index is 2.29. The molecule has 1 unspecified atom stereocenters. The molecule has 3 nitrogen and oxygen atoms in total. The molecule has 112 valence electrons. The minimum Gasteiger partial charge on any atom is -0.496 e. The zero-order valence-corrected chi connectivity index (χ0v) is 12.9. The van der Waals surface area contributed by atoms with E-state index in [4.69, 9.17) is 15.2 Å². The Morgan fingerprint density at radius 1 is 1.30 bits per heavy atom. The quantitative estimate of drug-likeness (QED) is 0.893. The highest BCUT2D eigenvalue weighted by Gasteiger charge is 2.41. The second-order valence-electron chi connectivity index (χ2n) is 5.90. The summed E-state index contributed by atoms with van der Waals surface area (Å²) in [5, 5.41) is 0. The molecule has 0 aliphatic heterocycles. The number of nitrogens with two attached hydrogens (primary N) is 1. The topological polar surface area (TPSA) is 44.5 Å². The third kappa shape index (κ3) is 2.99. The van der Waals surface area contributed by atoms with Crippen LogP contribution >= 0.6 is 0 Å². The number of rotatable bonds is 5. The number of para-hydroxylation sites is 1. The first-order valence-corrected chi connectivity index (χ1v) is 7.65. The first kappa shape index (κ1) is 15.3. The molecule has 20 heavy (non-hydrogen) atoms. The highest BCUT2D eigenvalue weighted by atomic mass is 16.5.